The topological polar surface area (TPSA) is 112 Å². The van der Waals surface area contributed by atoms with Crippen LogP contribution in [-0.4, -0.2) is 92.4 Å². The molecule has 0 unspecified atom stereocenters. The number of ether oxygens (including phenoxy) is 4. The second-order valence-corrected chi connectivity index (χ2v) is 20.1. The van der Waals surface area contributed by atoms with Crippen LogP contribution in [0.3, 0.4) is 0 Å². The zero-order chi connectivity index (χ0) is 49.4. The molecule has 1 amide bonds. The Morgan fingerprint density at radius 3 is 1.04 bits per heavy atom. The molecule has 0 fully saturated rings. The molecule has 0 saturated carbocycles. The number of unbranched alkanes of at least 4 members (excludes halogenated alkanes) is 22. The van der Waals surface area contributed by atoms with Crippen LogP contribution >= 0.6 is 0 Å². The third-order valence-electron chi connectivity index (χ3n) is 13.0. The van der Waals surface area contributed by atoms with Crippen molar-refractivity contribution in [1.82, 2.24) is 9.80 Å². The monoisotopic (exact) mass is 951 g/mol. The van der Waals surface area contributed by atoms with Gasteiger partial charge in [-0.2, -0.15) is 0 Å². The van der Waals surface area contributed by atoms with Crippen molar-refractivity contribution in [2.75, 3.05) is 40.3 Å². The lowest BCUT2D eigenvalue weighted by molar-refractivity contribution is -0.151. The van der Waals surface area contributed by atoms with Crippen molar-refractivity contribution in [2.24, 2.45) is 0 Å². The van der Waals surface area contributed by atoms with Gasteiger partial charge in [-0.1, -0.05) is 163 Å². The first kappa shape index (κ1) is 64.6. The molecule has 10 heteroatoms. The molecule has 0 rings (SSSR count). The van der Waals surface area contributed by atoms with Gasteiger partial charge in [0.15, 0.2) is 0 Å². The van der Waals surface area contributed by atoms with Crippen molar-refractivity contribution in [3.05, 3.63) is 0 Å². The zero-order valence-electron chi connectivity index (χ0n) is 45.3. The molecule has 0 heterocycles. The molecule has 0 aliphatic heterocycles. The fourth-order valence-corrected chi connectivity index (χ4v) is 8.77. The van der Waals surface area contributed by atoms with E-state index >= 15 is 0 Å². The SMILES string of the molecule is CCCCCCC(CCCCCC)OC(=O)CCCCCCCCC(CCCCCCCCC(=O)OC(CCCCCC)CCCCCC)OC(=O)N(CCCN(C)C)CCC(=O)OCCC. The van der Waals surface area contributed by atoms with Crippen molar-refractivity contribution < 1.29 is 38.1 Å². The predicted octanol–water partition coefficient (Wildman–Crippen LogP) is 16.0. The minimum absolute atomic E-state index is 0.0285. The lowest BCUT2D eigenvalue weighted by atomic mass is 10.0. The Bertz CT molecular complexity index is 1050. The van der Waals surface area contributed by atoms with Crippen molar-refractivity contribution in [3.8, 4) is 0 Å². The molecule has 0 N–H and O–H groups in total. The summed E-state index contributed by atoms with van der Waals surface area (Å²) in [6.07, 6.45) is 39.5. The highest BCUT2D eigenvalue weighted by molar-refractivity contribution is 5.72. The standard InChI is InChI=1S/C57H110N2O8/c1-8-13-17-29-38-51(39-30-18-14-9-2)65-55(61)44-35-27-23-21-25-33-42-53(67-57(63)59(48-37-47-58(6)7)49-46-54(60)64-50-12-5)43-34-26-22-24-28-36-45-56(62)66-52(40-31-19-15-10-3)41-32-20-16-11-4/h51-53H,8-50H2,1-7H3. The van der Waals surface area contributed by atoms with E-state index in [2.05, 4.69) is 32.6 Å². The molecule has 0 aliphatic rings. The Kier molecular flexibility index (Phi) is 46.9. The molecule has 0 atom stereocenters. The smallest absolute Gasteiger partial charge is 0.410 e. The highest BCUT2D eigenvalue weighted by Crippen LogP contribution is 2.21. The Morgan fingerprint density at radius 1 is 0.343 bits per heavy atom. The van der Waals surface area contributed by atoms with Crippen molar-refractivity contribution in [2.45, 2.75) is 303 Å². The van der Waals surface area contributed by atoms with Crippen LogP contribution in [0.25, 0.3) is 0 Å². The van der Waals surface area contributed by atoms with Gasteiger partial charge >= 0.3 is 24.0 Å². The molecule has 0 spiro atoms. The second-order valence-electron chi connectivity index (χ2n) is 20.1. The van der Waals surface area contributed by atoms with Gasteiger partial charge < -0.3 is 28.7 Å². The van der Waals surface area contributed by atoms with Crippen LogP contribution in [-0.2, 0) is 33.3 Å². The van der Waals surface area contributed by atoms with Crippen molar-refractivity contribution in [3.63, 3.8) is 0 Å². The highest BCUT2D eigenvalue weighted by Gasteiger charge is 2.22. The van der Waals surface area contributed by atoms with Gasteiger partial charge in [0.05, 0.1) is 13.0 Å². The van der Waals surface area contributed by atoms with Crippen LogP contribution in [0, 0.1) is 0 Å². The lowest BCUT2D eigenvalue weighted by Crippen LogP contribution is -2.37. The van der Waals surface area contributed by atoms with Gasteiger partial charge in [-0.3, -0.25) is 14.4 Å². The average molecular weight is 952 g/mol. The summed E-state index contributed by atoms with van der Waals surface area (Å²) in [4.78, 5) is 55.4. The third kappa shape index (κ3) is 43.4. The molecule has 0 radical (unpaired) electrons. The maximum Gasteiger partial charge on any atom is 0.410 e. The van der Waals surface area contributed by atoms with E-state index in [0.717, 1.165) is 161 Å². The van der Waals surface area contributed by atoms with E-state index in [9.17, 15) is 19.2 Å². The van der Waals surface area contributed by atoms with Crippen LogP contribution in [0.4, 0.5) is 4.79 Å². The molecular weight excluding hydrogens is 841 g/mol. The fourth-order valence-electron chi connectivity index (χ4n) is 8.77. The minimum atomic E-state index is -0.334. The maximum atomic E-state index is 13.7. The number of carbonyl (C=O) groups excluding carboxylic acids is 4. The van der Waals surface area contributed by atoms with Gasteiger partial charge in [0.25, 0.3) is 0 Å². The van der Waals surface area contributed by atoms with Crippen LogP contribution in [0.5, 0.6) is 0 Å². The van der Waals surface area contributed by atoms with E-state index in [1.165, 1.54) is 77.0 Å². The first-order chi connectivity index (χ1) is 32.6. The largest absolute Gasteiger partial charge is 0.466 e. The summed E-state index contributed by atoms with van der Waals surface area (Å²) in [5, 5.41) is 0. The predicted molar refractivity (Wildman–Crippen MR) is 280 cm³/mol. The Hall–Kier alpha value is -2.36. The number of rotatable bonds is 50. The van der Waals surface area contributed by atoms with Crippen molar-refractivity contribution >= 4 is 24.0 Å². The number of carbonyl (C=O) groups is 4. The molecule has 0 aromatic carbocycles. The van der Waals surface area contributed by atoms with Crippen molar-refractivity contribution in [1.29, 1.82) is 0 Å². The number of hydrogen-bond donors (Lipinski definition) is 0. The molecule has 0 bridgehead atoms. The highest BCUT2D eigenvalue weighted by atomic mass is 16.6. The first-order valence-corrected chi connectivity index (χ1v) is 28.7. The molecular formula is C57H110N2O8. The van der Waals surface area contributed by atoms with E-state index < -0.39 is 0 Å². The van der Waals surface area contributed by atoms with Crippen LogP contribution in [0.15, 0.2) is 0 Å². The van der Waals surface area contributed by atoms with Gasteiger partial charge in [-0.05, 0) is 123 Å². The first-order valence-electron chi connectivity index (χ1n) is 28.7. The van der Waals surface area contributed by atoms with E-state index in [0.29, 0.717) is 32.5 Å². The molecule has 0 saturated heterocycles. The average Bonchev–Trinajstić information content (AvgIpc) is 3.30. The zero-order valence-corrected chi connectivity index (χ0v) is 45.3. The number of hydrogen-bond acceptors (Lipinski definition) is 9. The molecule has 67 heavy (non-hydrogen) atoms. The Morgan fingerprint density at radius 2 is 0.687 bits per heavy atom. The number of esters is 3. The summed E-state index contributed by atoms with van der Waals surface area (Å²) in [7, 11) is 4.04. The van der Waals surface area contributed by atoms with E-state index in [1.54, 1.807) is 4.90 Å². The van der Waals surface area contributed by atoms with Gasteiger partial charge in [0, 0.05) is 25.9 Å². The molecule has 10 nitrogen and oxygen atoms in total. The maximum absolute atomic E-state index is 13.7. The second kappa shape index (κ2) is 48.7. The molecule has 0 aliphatic carbocycles. The third-order valence-corrected chi connectivity index (χ3v) is 13.0. The van der Waals surface area contributed by atoms with E-state index in [4.69, 9.17) is 18.9 Å². The number of amides is 1. The summed E-state index contributed by atoms with van der Waals surface area (Å²) >= 11 is 0. The summed E-state index contributed by atoms with van der Waals surface area (Å²) in [6, 6.07) is 0. The fraction of sp³-hybridized carbons (Fsp3) is 0.930. The summed E-state index contributed by atoms with van der Waals surface area (Å²) in [6.45, 7) is 12.9. The van der Waals surface area contributed by atoms with Gasteiger partial charge in [0.2, 0.25) is 0 Å². The molecule has 396 valence electrons. The van der Waals surface area contributed by atoms with Crippen LogP contribution < -0.4 is 0 Å². The van der Waals surface area contributed by atoms with Crippen LogP contribution in [0.2, 0.25) is 0 Å². The Labute approximate surface area is 414 Å². The summed E-state index contributed by atoms with van der Waals surface area (Å²) in [5.41, 5.74) is 0. The quantitative estimate of drug-likeness (QED) is 0.0334. The lowest BCUT2D eigenvalue weighted by Gasteiger charge is -2.26. The van der Waals surface area contributed by atoms with E-state index in [1.807, 2.05) is 21.0 Å². The van der Waals surface area contributed by atoms with Crippen LogP contribution in [0.1, 0.15) is 285 Å². The summed E-state index contributed by atoms with van der Waals surface area (Å²) < 4.78 is 23.5. The van der Waals surface area contributed by atoms with Gasteiger partial charge in [-0.25, -0.2) is 4.79 Å². The normalized spacial score (nSPS) is 11.6. The van der Waals surface area contributed by atoms with E-state index in [-0.39, 0.29) is 48.7 Å². The van der Waals surface area contributed by atoms with Gasteiger partial charge in [0.1, 0.15) is 18.3 Å². The number of nitrogens with zero attached hydrogens (tertiary/aromatic N) is 2. The minimum Gasteiger partial charge on any atom is -0.466 e. The molecule has 0 aromatic rings. The Balaban J connectivity index is 5.07. The van der Waals surface area contributed by atoms with Gasteiger partial charge in [-0.15, -0.1) is 0 Å². The summed E-state index contributed by atoms with van der Waals surface area (Å²) in [5.74, 6) is -0.337. The molecule has 0 aromatic heterocycles.